The van der Waals surface area contributed by atoms with Gasteiger partial charge in [0.1, 0.15) is 6.10 Å². The highest BCUT2D eigenvalue weighted by Gasteiger charge is 2.23. The molecule has 6 nitrogen and oxygen atoms in total. The zero-order valence-electron chi connectivity index (χ0n) is 35.1. The Bertz CT molecular complexity index is 1030. The van der Waals surface area contributed by atoms with Crippen molar-refractivity contribution in [1.29, 1.82) is 0 Å². The van der Waals surface area contributed by atoms with E-state index in [1.54, 1.807) is 0 Å². The van der Waals surface area contributed by atoms with Crippen LogP contribution in [0, 0.1) is 0 Å². The summed E-state index contributed by atoms with van der Waals surface area (Å²) in [6, 6.07) is -0.742. The van der Waals surface area contributed by atoms with E-state index in [0.29, 0.717) is 19.3 Å². The van der Waals surface area contributed by atoms with Crippen LogP contribution < -0.4 is 5.32 Å². The van der Waals surface area contributed by atoms with Crippen molar-refractivity contribution in [2.75, 3.05) is 6.61 Å². The number of rotatable bonds is 38. The SMILES string of the molecule is CC/C=C/C=C/C=C\C=C/C=C/CC(CC(=O)NC(CO)C(O)CCCCCCCCCCCC)OC(=O)CCCCC/C=C\CCCCCCCCC. The van der Waals surface area contributed by atoms with E-state index in [0.717, 1.165) is 57.8 Å². The van der Waals surface area contributed by atoms with Crippen molar-refractivity contribution >= 4 is 11.9 Å². The number of aliphatic hydroxyl groups is 2. The third-order valence-electron chi connectivity index (χ3n) is 9.65. The molecule has 0 aliphatic heterocycles. The minimum Gasteiger partial charge on any atom is -0.461 e. The Morgan fingerprint density at radius 3 is 1.56 bits per heavy atom. The van der Waals surface area contributed by atoms with Crippen LogP contribution in [-0.4, -0.2) is 46.9 Å². The first-order valence-corrected chi connectivity index (χ1v) is 22.2. The van der Waals surface area contributed by atoms with Crippen LogP contribution in [0.3, 0.4) is 0 Å². The van der Waals surface area contributed by atoms with Crippen LogP contribution in [-0.2, 0) is 14.3 Å². The van der Waals surface area contributed by atoms with Crippen molar-refractivity contribution in [3.63, 3.8) is 0 Å². The van der Waals surface area contributed by atoms with E-state index in [9.17, 15) is 19.8 Å². The third-order valence-corrected chi connectivity index (χ3v) is 9.65. The second-order valence-electron chi connectivity index (χ2n) is 14.8. The van der Waals surface area contributed by atoms with Gasteiger partial charge in [0, 0.05) is 12.8 Å². The monoisotopic (exact) mass is 754 g/mol. The molecule has 0 heterocycles. The maximum absolute atomic E-state index is 13.1. The van der Waals surface area contributed by atoms with E-state index in [1.807, 2.05) is 54.7 Å². The number of aliphatic hydroxyl groups excluding tert-OH is 2. The van der Waals surface area contributed by atoms with Crippen LogP contribution in [0.15, 0.2) is 72.9 Å². The molecule has 3 atom stereocenters. The summed E-state index contributed by atoms with van der Waals surface area (Å²) in [5.41, 5.74) is 0. The molecule has 6 heteroatoms. The van der Waals surface area contributed by atoms with Crippen LogP contribution >= 0.6 is 0 Å². The van der Waals surface area contributed by atoms with Crippen LogP contribution in [0.25, 0.3) is 0 Å². The molecule has 0 radical (unpaired) electrons. The summed E-state index contributed by atoms with van der Waals surface area (Å²) >= 11 is 0. The fraction of sp³-hybridized carbons (Fsp3) is 0.708. The Kier molecular flexibility index (Phi) is 39.4. The zero-order chi connectivity index (χ0) is 39.6. The molecule has 3 N–H and O–H groups in total. The lowest BCUT2D eigenvalue weighted by atomic mass is 10.0. The number of carbonyl (C=O) groups is 2. The molecule has 0 aliphatic rings. The first-order valence-electron chi connectivity index (χ1n) is 22.2. The van der Waals surface area contributed by atoms with Crippen LogP contribution in [0.4, 0.5) is 0 Å². The lowest BCUT2D eigenvalue weighted by Crippen LogP contribution is -2.46. The fourth-order valence-electron chi connectivity index (χ4n) is 6.27. The maximum atomic E-state index is 13.1. The molecule has 0 aliphatic carbocycles. The second-order valence-corrected chi connectivity index (χ2v) is 14.8. The maximum Gasteiger partial charge on any atom is 0.306 e. The van der Waals surface area contributed by atoms with Crippen LogP contribution in [0.2, 0.25) is 0 Å². The minimum absolute atomic E-state index is 0.0270. The highest BCUT2D eigenvalue weighted by atomic mass is 16.5. The topological polar surface area (TPSA) is 95.9 Å². The molecule has 0 fully saturated rings. The summed E-state index contributed by atoms with van der Waals surface area (Å²) in [6.45, 7) is 6.25. The predicted molar refractivity (Wildman–Crippen MR) is 231 cm³/mol. The highest BCUT2D eigenvalue weighted by Crippen LogP contribution is 2.15. The summed E-state index contributed by atoms with van der Waals surface area (Å²) < 4.78 is 5.80. The molecule has 0 saturated heterocycles. The molecule has 0 saturated carbocycles. The quantitative estimate of drug-likeness (QED) is 0.0252. The summed E-state index contributed by atoms with van der Waals surface area (Å²) in [5, 5.41) is 23.5. The van der Waals surface area contributed by atoms with Crippen LogP contribution in [0.5, 0.6) is 0 Å². The molecule has 54 heavy (non-hydrogen) atoms. The lowest BCUT2D eigenvalue weighted by molar-refractivity contribution is -0.150. The standard InChI is InChI=1S/C48H83NO5/c1-4-7-10-13-16-19-22-23-24-26-29-32-35-38-41-48(53)54-44(39-36-33-30-27-25-20-17-14-11-8-5-2)42-47(52)49-45(43-50)46(51)40-37-34-31-28-21-18-15-12-9-6-3/h8,11,14,17,20,24-27,30,33,36,44-46,50-51H,4-7,9-10,12-13,15-16,18-19,21-23,28-29,31-32,34-35,37-43H2,1-3H3,(H,49,52)/b11-8+,17-14+,25-20-,26-24-,30-27-,36-33+. The molecule has 0 aromatic heterocycles. The van der Waals surface area contributed by atoms with Gasteiger partial charge in [0.05, 0.1) is 25.2 Å². The molecular formula is C48H83NO5. The first kappa shape index (κ1) is 51.3. The van der Waals surface area contributed by atoms with Gasteiger partial charge in [-0.3, -0.25) is 9.59 Å². The Morgan fingerprint density at radius 1 is 0.574 bits per heavy atom. The van der Waals surface area contributed by atoms with Crippen molar-refractivity contribution in [3.05, 3.63) is 72.9 Å². The molecule has 3 unspecified atom stereocenters. The Hall–Kier alpha value is -2.70. The summed E-state index contributed by atoms with van der Waals surface area (Å²) in [4.78, 5) is 25.9. The van der Waals surface area contributed by atoms with E-state index in [-0.39, 0.29) is 24.9 Å². The van der Waals surface area contributed by atoms with E-state index >= 15 is 0 Å². The van der Waals surface area contributed by atoms with Crippen LogP contribution in [0.1, 0.15) is 194 Å². The lowest BCUT2D eigenvalue weighted by Gasteiger charge is -2.24. The van der Waals surface area contributed by atoms with E-state index in [2.05, 4.69) is 44.3 Å². The van der Waals surface area contributed by atoms with Gasteiger partial charge in [-0.05, 0) is 44.9 Å². The van der Waals surface area contributed by atoms with Gasteiger partial charge in [-0.2, -0.15) is 0 Å². The number of hydrogen-bond donors (Lipinski definition) is 3. The number of hydrogen-bond acceptors (Lipinski definition) is 5. The molecule has 0 aromatic carbocycles. The molecule has 0 bridgehead atoms. The van der Waals surface area contributed by atoms with E-state index in [4.69, 9.17) is 4.74 Å². The van der Waals surface area contributed by atoms with Crippen molar-refractivity contribution in [2.45, 2.75) is 212 Å². The smallest absolute Gasteiger partial charge is 0.306 e. The number of nitrogens with one attached hydrogen (secondary N) is 1. The van der Waals surface area contributed by atoms with E-state index < -0.39 is 18.2 Å². The molecule has 0 aromatic rings. The van der Waals surface area contributed by atoms with Crippen molar-refractivity contribution in [3.8, 4) is 0 Å². The number of carbonyl (C=O) groups excluding carboxylic acids is 2. The van der Waals surface area contributed by atoms with Gasteiger partial charge in [0.2, 0.25) is 5.91 Å². The molecule has 0 rings (SSSR count). The average molecular weight is 754 g/mol. The highest BCUT2D eigenvalue weighted by molar-refractivity contribution is 5.77. The third kappa shape index (κ3) is 36.3. The van der Waals surface area contributed by atoms with Crippen molar-refractivity contribution < 1.29 is 24.5 Å². The van der Waals surface area contributed by atoms with E-state index in [1.165, 1.54) is 89.9 Å². The normalized spacial score (nSPS) is 14.1. The summed E-state index contributed by atoms with van der Waals surface area (Å²) in [6.07, 6.45) is 51.3. The van der Waals surface area contributed by atoms with Gasteiger partial charge in [-0.1, -0.05) is 203 Å². The largest absolute Gasteiger partial charge is 0.461 e. The zero-order valence-corrected chi connectivity index (χ0v) is 35.1. The molecular weight excluding hydrogens is 671 g/mol. The number of unbranched alkanes of at least 4 members (excludes halogenated alkanes) is 19. The fourth-order valence-corrected chi connectivity index (χ4v) is 6.27. The predicted octanol–water partition coefficient (Wildman–Crippen LogP) is 12.7. The van der Waals surface area contributed by atoms with Gasteiger partial charge in [-0.25, -0.2) is 0 Å². The number of ether oxygens (including phenoxy) is 1. The van der Waals surface area contributed by atoms with Gasteiger partial charge < -0.3 is 20.3 Å². The minimum atomic E-state index is -0.820. The van der Waals surface area contributed by atoms with Gasteiger partial charge in [-0.15, -0.1) is 0 Å². The number of amides is 1. The average Bonchev–Trinajstić information content (AvgIpc) is 3.16. The van der Waals surface area contributed by atoms with Crippen molar-refractivity contribution in [1.82, 2.24) is 5.32 Å². The summed E-state index contributed by atoms with van der Waals surface area (Å²) in [5.74, 6) is -0.634. The Morgan fingerprint density at radius 2 is 1.04 bits per heavy atom. The molecule has 310 valence electrons. The number of allylic oxidation sites excluding steroid dienone is 11. The Balaban J connectivity index is 4.77. The molecule has 1 amide bonds. The van der Waals surface area contributed by atoms with Crippen molar-refractivity contribution in [2.24, 2.45) is 0 Å². The number of esters is 1. The summed E-state index contributed by atoms with van der Waals surface area (Å²) in [7, 11) is 0. The molecule has 0 spiro atoms. The first-order chi connectivity index (χ1) is 26.5. The Labute approximate surface area is 332 Å². The van der Waals surface area contributed by atoms with Gasteiger partial charge in [0.25, 0.3) is 0 Å². The second kappa shape index (κ2) is 41.5. The van der Waals surface area contributed by atoms with Gasteiger partial charge >= 0.3 is 5.97 Å². The van der Waals surface area contributed by atoms with Gasteiger partial charge in [0.15, 0.2) is 0 Å².